The first-order valence-electron chi connectivity index (χ1n) is 10.1. The Kier molecular flexibility index (Phi) is 6.32. The minimum absolute atomic E-state index is 0.147. The molecular formula is C22H30N2O3. The van der Waals surface area contributed by atoms with Crippen molar-refractivity contribution >= 4 is 17.4 Å². The standard InChI is InChI=1S/C22H30N2O3/c1-4-5-6-7-10-24-21(25)19(18-9-8-16(2)17(3)15-18)20(22(24)26)23-11-13-27-14-12-23/h8-9,15H,4-7,10-14H2,1-3H3. The molecule has 0 atom stereocenters. The van der Waals surface area contributed by atoms with Gasteiger partial charge in [0, 0.05) is 19.6 Å². The quantitative estimate of drug-likeness (QED) is 0.546. The number of unbranched alkanes of at least 4 members (excludes halogenated alkanes) is 3. The lowest BCUT2D eigenvalue weighted by Gasteiger charge is -2.29. The van der Waals surface area contributed by atoms with Crippen LogP contribution >= 0.6 is 0 Å². The van der Waals surface area contributed by atoms with Crippen molar-refractivity contribution < 1.29 is 14.3 Å². The number of hydrogen-bond acceptors (Lipinski definition) is 4. The third-order valence-electron chi connectivity index (χ3n) is 5.50. The second kappa shape index (κ2) is 8.70. The van der Waals surface area contributed by atoms with Gasteiger partial charge in [0.25, 0.3) is 11.8 Å². The molecule has 5 nitrogen and oxygen atoms in total. The molecule has 2 aliphatic heterocycles. The smallest absolute Gasteiger partial charge is 0.277 e. The van der Waals surface area contributed by atoms with E-state index in [-0.39, 0.29) is 11.8 Å². The first kappa shape index (κ1) is 19.6. The number of carbonyl (C=O) groups is 2. The highest BCUT2D eigenvalue weighted by molar-refractivity contribution is 6.35. The molecule has 1 aromatic rings. The molecule has 0 spiro atoms. The number of imide groups is 1. The Bertz CT molecular complexity index is 748. The maximum atomic E-state index is 13.2. The van der Waals surface area contributed by atoms with E-state index in [1.54, 1.807) is 0 Å². The van der Waals surface area contributed by atoms with E-state index in [9.17, 15) is 9.59 Å². The Morgan fingerprint density at radius 3 is 2.37 bits per heavy atom. The van der Waals surface area contributed by atoms with Crippen molar-refractivity contribution in [3.05, 3.63) is 40.6 Å². The fourth-order valence-electron chi connectivity index (χ4n) is 3.70. The second-order valence-electron chi connectivity index (χ2n) is 7.44. The third-order valence-corrected chi connectivity index (χ3v) is 5.50. The summed E-state index contributed by atoms with van der Waals surface area (Å²) in [5.74, 6) is -0.298. The van der Waals surface area contributed by atoms with Crippen molar-refractivity contribution in [2.45, 2.75) is 46.5 Å². The molecule has 3 rings (SSSR count). The van der Waals surface area contributed by atoms with Gasteiger partial charge in [-0.2, -0.15) is 0 Å². The van der Waals surface area contributed by atoms with Gasteiger partial charge in [0.2, 0.25) is 0 Å². The molecule has 2 heterocycles. The largest absolute Gasteiger partial charge is 0.378 e. The first-order valence-corrected chi connectivity index (χ1v) is 10.1. The minimum Gasteiger partial charge on any atom is -0.378 e. The van der Waals surface area contributed by atoms with Crippen LogP contribution in [0.25, 0.3) is 5.57 Å². The molecule has 1 saturated heterocycles. The van der Waals surface area contributed by atoms with Crippen molar-refractivity contribution in [2.75, 3.05) is 32.8 Å². The van der Waals surface area contributed by atoms with Crippen molar-refractivity contribution in [2.24, 2.45) is 0 Å². The molecule has 0 saturated carbocycles. The van der Waals surface area contributed by atoms with Gasteiger partial charge in [-0.05, 0) is 37.0 Å². The molecule has 0 radical (unpaired) electrons. The van der Waals surface area contributed by atoms with Gasteiger partial charge >= 0.3 is 0 Å². The summed E-state index contributed by atoms with van der Waals surface area (Å²) in [5, 5.41) is 0. The SMILES string of the molecule is CCCCCCN1C(=O)C(c2ccc(C)c(C)c2)=C(N2CCOCC2)C1=O. The molecule has 1 aromatic carbocycles. The van der Waals surface area contributed by atoms with Crippen LogP contribution < -0.4 is 0 Å². The van der Waals surface area contributed by atoms with Crippen LogP contribution in [0.4, 0.5) is 0 Å². The fourth-order valence-corrected chi connectivity index (χ4v) is 3.70. The summed E-state index contributed by atoms with van der Waals surface area (Å²) in [4.78, 5) is 29.9. The van der Waals surface area contributed by atoms with Gasteiger partial charge in [0.15, 0.2) is 0 Å². The van der Waals surface area contributed by atoms with Gasteiger partial charge in [-0.25, -0.2) is 0 Å². The highest BCUT2D eigenvalue weighted by atomic mass is 16.5. The number of amides is 2. The molecule has 146 valence electrons. The topological polar surface area (TPSA) is 49.9 Å². The van der Waals surface area contributed by atoms with Gasteiger partial charge in [0.1, 0.15) is 5.70 Å². The number of hydrogen-bond donors (Lipinski definition) is 0. The summed E-state index contributed by atoms with van der Waals surface area (Å²) >= 11 is 0. The van der Waals surface area contributed by atoms with E-state index in [0.29, 0.717) is 44.1 Å². The number of carbonyl (C=O) groups excluding carboxylic acids is 2. The van der Waals surface area contributed by atoms with Crippen LogP contribution in [0.5, 0.6) is 0 Å². The number of morpholine rings is 1. The lowest BCUT2D eigenvalue weighted by molar-refractivity contribution is -0.137. The lowest BCUT2D eigenvalue weighted by Crippen LogP contribution is -2.40. The normalized spacial score (nSPS) is 18.0. The number of ether oxygens (including phenoxy) is 1. The van der Waals surface area contributed by atoms with E-state index in [0.717, 1.165) is 36.8 Å². The maximum Gasteiger partial charge on any atom is 0.277 e. The molecular weight excluding hydrogens is 340 g/mol. The molecule has 2 aliphatic rings. The average molecular weight is 370 g/mol. The summed E-state index contributed by atoms with van der Waals surface area (Å²) < 4.78 is 5.44. The Morgan fingerprint density at radius 1 is 0.963 bits per heavy atom. The van der Waals surface area contributed by atoms with Crippen LogP contribution in [0.3, 0.4) is 0 Å². The molecule has 0 aliphatic carbocycles. The molecule has 0 N–H and O–H groups in total. The number of rotatable bonds is 7. The zero-order valence-electron chi connectivity index (χ0n) is 16.7. The Balaban J connectivity index is 1.94. The van der Waals surface area contributed by atoms with Gasteiger partial charge < -0.3 is 9.64 Å². The van der Waals surface area contributed by atoms with Gasteiger partial charge in [0.05, 0.1) is 18.8 Å². The predicted octanol–water partition coefficient (Wildman–Crippen LogP) is 3.30. The molecule has 0 unspecified atom stereocenters. The summed E-state index contributed by atoms with van der Waals surface area (Å²) in [6.07, 6.45) is 4.17. The van der Waals surface area contributed by atoms with Crippen molar-refractivity contribution in [1.82, 2.24) is 9.80 Å². The van der Waals surface area contributed by atoms with Crippen molar-refractivity contribution in [1.29, 1.82) is 0 Å². The zero-order valence-corrected chi connectivity index (χ0v) is 16.7. The van der Waals surface area contributed by atoms with E-state index < -0.39 is 0 Å². The molecule has 27 heavy (non-hydrogen) atoms. The third kappa shape index (κ3) is 4.08. The van der Waals surface area contributed by atoms with Crippen LogP contribution in [-0.4, -0.2) is 54.5 Å². The Labute approximate surface area is 162 Å². The Morgan fingerprint density at radius 2 is 1.70 bits per heavy atom. The van der Waals surface area contributed by atoms with E-state index in [2.05, 4.69) is 13.8 Å². The predicted molar refractivity (Wildman–Crippen MR) is 106 cm³/mol. The van der Waals surface area contributed by atoms with Crippen LogP contribution in [0.1, 0.15) is 49.3 Å². The zero-order chi connectivity index (χ0) is 19.4. The van der Waals surface area contributed by atoms with Gasteiger partial charge in [-0.15, -0.1) is 0 Å². The molecule has 0 aromatic heterocycles. The first-order chi connectivity index (χ1) is 13.0. The fraction of sp³-hybridized carbons (Fsp3) is 0.545. The summed E-state index contributed by atoms with van der Waals surface area (Å²) in [6, 6.07) is 6.01. The minimum atomic E-state index is -0.152. The Hall–Kier alpha value is -2.14. The highest BCUT2D eigenvalue weighted by Crippen LogP contribution is 2.33. The van der Waals surface area contributed by atoms with Crippen molar-refractivity contribution in [3.63, 3.8) is 0 Å². The monoisotopic (exact) mass is 370 g/mol. The van der Waals surface area contributed by atoms with Crippen LogP contribution in [0.15, 0.2) is 23.9 Å². The molecule has 2 amide bonds. The second-order valence-corrected chi connectivity index (χ2v) is 7.44. The summed E-state index contributed by atoms with van der Waals surface area (Å²) in [7, 11) is 0. The molecule has 0 bridgehead atoms. The average Bonchev–Trinajstić information content (AvgIpc) is 2.92. The van der Waals surface area contributed by atoms with E-state index in [1.807, 2.05) is 30.0 Å². The van der Waals surface area contributed by atoms with Crippen LogP contribution in [-0.2, 0) is 14.3 Å². The summed E-state index contributed by atoms with van der Waals surface area (Å²) in [6.45, 7) is 9.21. The molecule has 1 fully saturated rings. The van der Waals surface area contributed by atoms with Gasteiger partial charge in [-0.3, -0.25) is 14.5 Å². The maximum absolute atomic E-state index is 13.2. The van der Waals surface area contributed by atoms with E-state index in [4.69, 9.17) is 4.74 Å². The van der Waals surface area contributed by atoms with Crippen molar-refractivity contribution in [3.8, 4) is 0 Å². The number of aryl methyl sites for hydroxylation is 2. The van der Waals surface area contributed by atoms with E-state index in [1.165, 1.54) is 10.5 Å². The lowest BCUT2D eigenvalue weighted by atomic mass is 9.99. The van der Waals surface area contributed by atoms with Crippen LogP contribution in [0.2, 0.25) is 0 Å². The number of nitrogens with zero attached hydrogens (tertiary/aromatic N) is 2. The highest BCUT2D eigenvalue weighted by Gasteiger charge is 2.41. The van der Waals surface area contributed by atoms with Gasteiger partial charge in [-0.1, -0.05) is 44.4 Å². The van der Waals surface area contributed by atoms with Crippen LogP contribution in [0, 0.1) is 13.8 Å². The number of benzene rings is 1. The van der Waals surface area contributed by atoms with E-state index >= 15 is 0 Å². The molecule has 5 heteroatoms. The summed E-state index contributed by atoms with van der Waals surface area (Å²) in [5.41, 5.74) is 4.26.